The molecule has 29 heavy (non-hydrogen) atoms. The number of aromatic nitrogens is 4. The third-order valence-electron chi connectivity index (χ3n) is 4.86. The number of hydrogen-bond donors (Lipinski definition) is 3. The van der Waals surface area contributed by atoms with Crippen LogP contribution in [0.5, 0.6) is 0 Å². The van der Waals surface area contributed by atoms with Crippen molar-refractivity contribution in [2.24, 2.45) is 11.7 Å². The molecule has 0 radical (unpaired) electrons. The van der Waals surface area contributed by atoms with E-state index < -0.39 is 12.0 Å². The summed E-state index contributed by atoms with van der Waals surface area (Å²) in [5.41, 5.74) is 6.83. The van der Waals surface area contributed by atoms with E-state index in [1.165, 1.54) is 17.4 Å². The summed E-state index contributed by atoms with van der Waals surface area (Å²) in [6, 6.07) is 1.07. The van der Waals surface area contributed by atoms with Crippen molar-refractivity contribution in [2.45, 2.75) is 26.1 Å². The van der Waals surface area contributed by atoms with Gasteiger partial charge in [-0.1, -0.05) is 0 Å². The maximum absolute atomic E-state index is 13.5. The molecule has 0 spiro atoms. The van der Waals surface area contributed by atoms with Crippen molar-refractivity contribution in [1.82, 2.24) is 24.8 Å². The SMILES string of the molecule is Cc1nc2nc(NC(C)c3cncc(F)c3)nc(C(O)N3CC(C(N)=O)C3)c2s1. The van der Waals surface area contributed by atoms with E-state index in [9.17, 15) is 14.3 Å². The second-order valence-electron chi connectivity index (χ2n) is 7.05. The maximum Gasteiger partial charge on any atom is 0.225 e. The van der Waals surface area contributed by atoms with Gasteiger partial charge >= 0.3 is 0 Å². The second kappa shape index (κ2) is 7.58. The van der Waals surface area contributed by atoms with Gasteiger partial charge < -0.3 is 16.2 Å². The molecular formula is C18H20FN7O2S. The van der Waals surface area contributed by atoms with Crippen LogP contribution in [0.25, 0.3) is 10.3 Å². The lowest BCUT2D eigenvalue weighted by Crippen LogP contribution is -2.53. The Morgan fingerprint density at radius 3 is 2.83 bits per heavy atom. The Kier molecular flexibility index (Phi) is 5.11. The highest BCUT2D eigenvalue weighted by atomic mass is 32.1. The van der Waals surface area contributed by atoms with Crippen LogP contribution in [-0.2, 0) is 4.79 Å². The van der Waals surface area contributed by atoms with Crippen LogP contribution in [0.15, 0.2) is 18.5 Å². The number of amides is 1. The molecule has 0 bridgehead atoms. The number of anilines is 1. The number of fused-ring (bicyclic) bond motifs is 1. The van der Waals surface area contributed by atoms with E-state index in [1.54, 1.807) is 11.1 Å². The number of pyridine rings is 1. The number of thiazole rings is 1. The number of halogens is 1. The van der Waals surface area contributed by atoms with Gasteiger partial charge in [0, 0.05) is 19.3 Å². The van der Waals surface area contributed by atoms with Gasteiger partial charge in [-0.05, 0) is 25.5 Å². The third kappa shape index (κ3) is 3.88. The number of carbonyl (C=O) groups is 1. The average Bonchev–Trinajstić information content (AvgIpc) is 2.99. The quantitative estimate of drug-likeness (QED) is 0.550. The van der Waals surface area contributed by atoms with Gasteiger partial charge in [0.25, 0.3) is 0 Å². The van der Waals surface area contributed by atoms with Gasteiger partial charge in [-0.2, -0.15) is 4.98 Å². The molecule has 0 aliphatic carbocycles. The number of aryl methyl sites for hydroxylation is 1. The Balaban J connectivity index is 1.63. The Bertz CT molecular complexity index is 1070. The lowest BCUT2D eigenvalue weighted by atomic mass is 9.99. The molecule has 4 heterocycles. The van der Waals surface area contributed by atoms with E-state index in [0.29, 0.717) is 34.7 Å². The number of nitrogens with two attached hydrogens (primary N) is 1. The summed E-state index contributed by atoms with van der Waals surface area (Å²) in [5.74, 6) is -0.820. The standard InChI is InChI=1S/C18H20FN7O2S/c1-8(10-3-12(19)5-21-4-10)22-18-24-13(14-16(25-18)23-9(2)29-14)17(28)26-6-11(7-26)15(20)27/h3-5,8,11,17,28H,6-7H2,1-2H3,(H2,20,27)(H,22,24,25). The lowest BCUT2D eigenvalue weighted by molar-refractivity contribution is -0.134. The summed E-state index contributed by atoms with van der Waals surface area (Å²) in [6.45, 7) is 4.42. The molecule has 152 valence electrons. The first-order chi connectivity index (χ1) is 13.8. The summed E-state index contributed by atoms with van der Waals surface area (Å²) in [6.07, 6.45) is 1.69. The molecule has 1 saturated heterocycles. The summed E-state index contributed by atoms with van der Waals surface area (Å²) in [5, 5.41) is 14.7. The normalized spacial score (nSPS) is 17.1. The molecule has 4 N–H and O–H groups in total. The molecule has 0 saturated carbocycles. The molecule has 3 aromatic heterocycles. The monoisotopic (exact) mass is 417 g/mol. The largest absolute Gasteiger partial charge is 0.372 e. The Labute approximate surface area is 169 Å². The van der Waals surface area contributed by atoms with E-state index in [0.717, 1.165) is 11.2 Å². The van der Waals surface area contributed by atoms with Gasteiger partial charge in [-0.3, -0.25) is 14.7 Å². The minimum absolute atomic E-state index is 0.264. The Hall–Kier alpha value is -2.76. The van der Waals surface area contributed by atoms with Crippen LogP contribution < -0.4 is 11.1 Å². The minimum atomic E-state index is -1.01. The van der Waals surface area contributed by atoms with E-state index in [-0.39, 0.29) is 23.8 Å². The van der Waals surface area contributed by atoms with Crippen molar-refractivity contribution >= 4 is 33.5 Å². The first-order valence-corrected chi connectivity index (χ1v) is 9.87. The molecule has 4 rings (SSSR count). The smallest absolute Gasteiger partial charge is 0.225 e. The van der Waals surface area contributed by atoms with Crippen LogP contribution in [-0.4, -0.2) is 48.9 Å². The van der Waals surface area contributed by atoms with Gasteiger partial charge in [0.1, 0.15) is 11.5 Å². The molecule has 11 heteroatoms. The minimum Gasteiger partial charge on any atom is -0.372 e. The van der Waals surface area contributed by atoms with E-state index in [2.05, 4.69) is 25.3 Å². The first-order valence-electron chi connectivity index (χ1n) is 9.05. The summed E-state index contributed by atoms with van der Waals surface area (Å²) in [7, 11) is 0. The highest BCUT2D eigenvalue weighted by molar-refractivity contribution is 7.18. The topological polar surface area (TPSA) is 130 Å². The zero-order chi connectivity index (χ0) is 20.7. The molecule has 1 fully saturated rings. The van der Waals surface area contributed by atoms with Gasteiger partial charge in [-0.25, -0.2) is 14.4 Å². The predicted octanol–water partition coefficient (Wildman–Crippen LogP) is 1.51. The summed E-state index contributed by atoms with van der Waals surface area (Å²) in [4.78, 5) is 30.2. The van der Waals surface area contributed by atoms with Crippen molar-refractivity contribution in [1.29, 1.82) is 0 Å². The van der Waals surface area contributed by atoms with Crippen molar-refractivity contribution < 1.29 is 14.3 Å². The van der Waals surface area contributed by atoms with Gasteiger partial charge in [0.15, 0.2) is 11.9 Å². The summed E-state index contributed by atoms with van der Waals surface area (Å²) >= 11 is 1.39. The van der Waals surface area contributed by atoms with Crippen molar-refractivity contribution in [3.8, 4) is 0 Å². The number of aliphatic hydroxyl groups excluding tert-OH is 1. The number of nitrogens with zero attached hydrogens (tertiary/aromatic N) is 5. The highest BCUT2D eigenvalue weighted by Crippen LogP contribution is 2.33. The van der Waals surface area contributed by atoms with Crippen molar-refractivity contribution in [3.05, 3.63) is 40.5 Å². The zero-order valence-corrected chi connectivity index (χ0v) is 16.6. The second-order valence-corrected chi connectivity index (χ2v) is 8.25. The molecule has 1 amide bonds. The van der Waals surface area contributed by atoms with Crippen LogP contribution in [0.1, 0.15) is 35.5 Å². The molecule has 9 nitrogen and oxygen atoms in total. The fourth-order valence-electron chi connectivity index (χ4n) is 3.20. The average molecular weight is 417 g/mol. The van der Waals surface area contributed by atoms with Gasteiger partial charge in [0.05, 0.1) is 27.9 Å². The first kappa shape index (κ1) is 19.6. The fraction of sp³-hybridized carbons (Fsp3) is 0.389. The van der Waals surface area contributed by atoms with Crippen LogP contribution >= 0.6 is 11.3 Å². The van der Waals surface area contributed by atoms with Crippen LogP contribution in [0.3, 0.4) is 0 Å². The van der Waals surface area contributed by atoms with Crippen molar-refractivity contribution in [3.63, 3.8) is 0 Å². The number of likely N-dealkylation sites (tertiary alicyclic amines) is 1. The Morgan fingerprint density at radius 2 is 2.14 bits per heavy atom. The van der Waals surface area contributed by atoms with Crippen LogP contribution in [0, 0.1) is 18.7 Å². The number of primary amides is 1. The lowest BCUT2D eigenvalue weighted by Gasteiger charge is -2.40. The number of carbonyl (C=O) groups excluding carboxylic acids is 1. The van der Waals surface area contributed by atoms with Crippen LogP contribution in [0.2, 0.25) is 0 Å². The van der Waals surface area contributed by atoms with Gasteiger partial charge in [-0.15, -0.1) is 11.3 Å². The molecule has 2 unspecified atom stereocenters. The third-order valence-corrected chi connectivity index (χ3v) is 5.84. The zero-order valence-electron chi connectivity index (χ0n) is 15.8. The molecular weight excluding hydrogens is 397 g/mol. The Morgan fingerprint density at radius 1 is 1.38 bits per heavy atom. The molecule has 1 aliphatic rings. The number of rotatable bonds is 6. The molecule has 0 aromatic carbocycles. The maximum atomic E-state index is 13.5. The predicted molar refractivity (Wildman–Crippen MR) is 105 cm³/mol. The molecule has 2 atom stereocenters. The van der Waals surface area contributed by atoms with Crippen LogP contribution in [0.4, 0.5) is 10.3 Å². The van der Waals surface area contributed by atoms with Crippen molar-refractivity contribution in [2.75, 3.05) is 18.4 Å². The highest BCUT2D eigenvalue weighted by Gasteiger charge is 2.37. The van der Waals surface area contributed by atoms with E-state index >= 15 is 0 Å². The van der Waals surface area contributed by atoms with E-state index in [4.69, 9.17) is 5.73 Å². The number of nitrogens with one attached hydrogen (secondary N) is 1. The van der Waals surface area contributed by atoms with Gasteiger partial charge in [0.2, 0.25) is 11.9 Å². The number of aliphatic hydroxyl groups is 1. The summed E-state index contributed by atoms with van der Waals surface area (Å²) < 4.78 is 14.2. The van der Waals surface area contributed by atoms with E-state index in [1.807, 2.05) is 13.8 Å². The molecule has 3 aromatic rings. The fourth-order valence-corrected chi connectivity index (χ4v) is 4.06. The molecule has 1 aliphatic heterocycles. The number of hydrogen-bond acceptors (Lipinski definition) is 9.